The van der Waals surface area contributed by atoms with Crippen molar-refractivity contribution in [3.8, 4) is 16.9 Å². The quantitative estimate of drug-likeness (QED) is 0.910. The van der Waals surface area contributed by atoms with Crippen molar-refractivity contribution < 1.29 is 14.3 Å². The molecule has 0 spiro atoms. The summed E-state index contributed by atoms with van der Waals surface area (Å²) in [6, 6.07) is 11.0. The maximum absolute atomic E-state index is 14.0. The van der Waals surface area contributed by atoms with Gasteiger partial charge in [-0.25, -0.2) is 4.39 Å². The van der Waals surface area contributed by atoms with Gasteiger partial charge in [0.2, 0.25) is 0 Å². The van der Waals surface area contributed by atoms with Gasteiger partial charge in [-0.15, -0.1) is 0 Å². The minimum atomic E-state index is -0.487. The number of phenolic OH excluding ortho intramolecular Hbond substituents is 1. The first-order valence-electron chi connectivity index (χ1n) is 8.80. The lowest BCUT2D eigenvalue weighted by Gasteiger charge is -2.30. The fourth-order valence-corrected chi connectivity index (χ4v) is 3.79. The second-order valence-corrected chi connectivity index (χ2v) is 7.70. The van der Waals surface area contributed by atoms with Gasteiger partial charge < -0.3 is 14.9 Å². The van der Waals surface area contributed by atoms with Crippen LogP contribution in [0.2, 0.25) is 0 Å². The van der Waals surface area contributed by atoms with Gasteiger partial charge in [0.05, 0.1) is 0 Å². The van der Waals surface area contributed by atoms with Crippen molar-refractivity contribution in [1.82, 2.24) is 9.80 Å². The van der Waals surface area contributed by atoms with Crippen LogP contribution in [0.1, 0.15) is 23.7 Å². The highest BCUT2D eigenvalue weighted by Gasteiger charge is 2.34. The lowest BCUT2D eigenvalue weighted by Crippen LogP contribution is -2.38. The van der Waals surface area contributed by atoms with Gasteiger partial charge in [-0.3, -0.25) is 4.79 Å². The van der Waals surface area contributed by atoms with E-state index in [4.69, 9.17) is 0 Å². The maximum atomic E-state index is 14.0. The van der Waals surface area contributed by atoms with E-state index < -0.39 is 5.82 Å². The first-order chi connectivity index (χ1) is 12.3. The smallest absolute Gasteiger partial charge is 0.253 e. The Morgan fingerprint density at radius 2 is 1.96 bits per heavy atom. The van der Waals surface area contributed by atoms with E-state index in [1.807, 2.05) is 7.05 Å². The van der Waals surface area contributed by atoms with Gasteiger partial charge in [-0.05, 0) is 55.3 Å². The van der Waals surface area contributed by atoms with Crippen molar-refractivity contribution in [2.75, 3.05) is 33.7 Å². The summed E-state index contributed by atoms with van der Waals surface area (Å²) in [5.74, 6) is -0.622. The van der Waals surface area contributed by atoms with Crippen molar-refractivity contribution in [3.63, 3.8) is 0 Å². The summed E-state index contributed by atoms with van der Waals surface area (Å²) in [5.41, 5.74) is 1.78. The summed E-state index contributed by atoms with van der Waals surface area (Å²) >= 11 is 0. The van der Waals surface area contributed by atoms with Gasteiger partial charge in [-0.1, -0.05) is 19.1 Å². The number of aromatic hydroxyl groups is 1. The van der Waals surface area contributed by atoms with Crippen molar-refractivity contribution in [2.24, 2.45) is 5.41 Å². The summed E-state index contributed by atoms with van der Waals surface area (Å²) in [5, 5.41) is 9.32. The molecule has 0 bridgehead atoms. The molecule has 2 aromatic rings. The zero-order valence-electron chi connectivity index (χ0n) is 15.5. The number of benzene rings is 2. The average molecular weight is 356 g/mol. The molecule has 5 heteroatoms. The van der Waals surface area contributed by atoms with Crippen molar-refractivity contribution in [1.29, 1.82) is 0 Å². The Labute approximate surface area is 153 Å². The molecule has 1 unspecified atom stereocenters. The number of amides is 1. The molecule has 1 N–H and O–H groups in total. The van der Waals surface area contributed by atoms with Gasteiger partial charge in [0, 0.05) is 37.3 Å². The molecule has 1 heterocycles. The fraction of sp³-hybridized carbons (Fsp3) is 0.381. The third kappa shape index (κ3) is 3.88. The molecule has 0 aliphatic carbocycles. The zero-order chi connectivity index (χ0) is 18.9. The molecule has 1 aliphatic heterocycles. The number of hydrogen-bond donors (Lipinski definition) is 1. The monoisotopic (exact) mass is 356 g/mol. The highest BCUT2D eigenvalue weighted by molar-refractivity contribution is 5.94. The van der Waals surface area contributed by atoms with Crippen LogP contribution in [0.4, 0.5) is 4.39 Å². The third-order valence-corrected chi connectivity index (χ3v) is 5.11. The Kier molecular flexibility index (Phi) is 5.01. The standard InChI is InChI=1S/C21H25FN2O2/c1-21(10-11-23(2)13-21)14-24(3)20(26)16-6-4-15(5-7-16)18-9-8-17(25)12-19(18)22/h4-9,12,25H,10-11,13-14H2,1-3H3. The molecular weight excluding hydrogens is 331 g/mol. The van der Waals surface area contributed by atoms with Crippen LogP contribution in [-0.2, 0) is 0 Å². The molecule has 3 rings (SSSR count). The number of nitrogens with zero attached hydrogens (tertiary/aromatic N) is 2. The number of phenols is 1. The molecule has 0 saturated carbocycles. The first-order valence-corrected chi connectivity index (χ1v) is 8.80. The van der Waals surface area contributed by atoms with Crippen LogP contribution in [0.5, 0.6) is 5.75 Å². The van der Waals surface area contributed by atoms with Gasteiger partial charge >= 0.3 is 0 Å². The van der Waals surface area contributed by atoms with E-state index >= 15 is 0 Å². The Hall–Kier alpha value is -2.40. The normalized spacial score (nSPS) is 20.3. The molecule has 4 nitrogen and oxygen atoms in total. The zero-order valence-corrected chi connectivity index (χ0v) is 15.5. The van der Waals surface area contributed by atoms with E-state index in [1.54, 1.807) is 29.2 Å². The number of rotatable bonds is 4. The second kappa shape index (κ2) is 7.08. The molecule has 138 valence electrons. The van der Waals surface area contributed by atoms with E-state index in [9.17, 15) is 14.3 Å². The highest BCUT2D eigenvalue weighted by atomic mass is 19.1. The van der Waals surface area contributed by atoms with E-state index in [0.717, 1.165) is 25.6 Å². The molecule has 0 radical (unpaired) electrons. The van der Waals surface area contributed by atoms with Gasteiger partial charge in [0.15, 0.2) is 0 Å². The van der Waals surface area contributed by atoms with Crippen molar-refractivity contribution in [2.45, 2.75) is 13.3 Å². The molecule has 1 aliphatic rings. The largest absolute Gasteiger partial charge is 0.508 e. The van der Waals surface area contributed by atoms with Crippen LogP contribution >= 0.6 is 0 Å². The molecule has 26 heavy (non-hydrogen) atoms. The predicted octanol–water partition coefficient (Wildman–Crippen LogP) is 3.61. The molecule has 1 amide bonds. The molecular formula is C21H25FN2O2. The number of carbonyl (C=O) groups excluding carboxylic acids is 1. The van der Waals surface area contributed by atoms with Gasteiger partial charge in [-0.2, -0.15) is 0 Å². The molecule has 1 saturated heterocycles. The third-order valence-electron chi connectivity index (χ3n) is 5.11. The van der Waals surface area contributed by atoms with Crippen LogP contribution in [0.3, 0.4) is 0 Å². The Morgan fingerprint density at radius 3 is 2.54 bits per heavy atom. The number of likely N-dealkylation sites (tertiary alicyclic amines) is 1. The topological polar surface area (TPSA) is 43.8 Å². The van der Waals surface area contributed by atoms with Crippen LogP contribution in [0.15, 0.2) is 42.5 Å². The van der Waals surface area contributed by atoms with Crippen molar-refractivity contribution in [3.05, 3.63) is 53.8 Å². The summed E-state index contributed by atoms with van der Waals surface area (Å²) in [6.07, 6.45) is 1.08. The predicted molar refractivity (Wildman–Crippen MR) is 101 cm³/mol. The van der Waals surface area contributed by atoms with Gasteiger partial charge in [0.1, 0.15) is 11.6 Å². The van der Waals surface area contributed by atoms with E-state index in [1.165, 1.54) is 12.1 Å². The first kappa shape index (κ1) is 18.4. The summed E-state index contributed by atoms with van der Waals surface area (Å²) in [7, 11) is 3.94. The van der Waals surface area contributed by atoms with E-state index in [-0.39, 0.29) is 17.1 Å². The minimum absolute atomic E-state index is 0.0292. The molecule has 1 fully saturated rings. The Balaban J connectivity index is 1.72. The lowest BCUT2D eigenvalue weighted by molar-refractivity contribution is 0.0730. The summed E-state index contributed by atoms with van der Waals surface area (Å²) < 4.78 is 14.0. The van der Waals surface area contributed by atoms with Crippen LogP contribution in [0.25, 0.3) is 11.1 Å². The van der Waals surface area contributed by atoms with Gasteiger partial charge in [0.25, 0.3) is 5.91 Å². The van der Waals surface area contributed by atoms with Crippen LogP contribution < -0.4 is 0 Å². The lowest BCUT2D eigenvalue weighted by atomic mass is 9.89. The average Bonchev–Trinajstić information content (AvgIpc) is 2.93. The van der Waals surface area contributed by atoms with E-state index in [2.05, 4.69) is 18.9 Å². The number of carbonyl (C=O) groups is 1. The fourth-order valence-electron chi connectivity index (χ4n) is 3.79. The second-order valence-electron chi connectivity index (χ2n) is 7.70. The molecule has 2 aromatic carbocycles. The minimum Gasteiger partial charge on any atom is -0.508 e. The molecule has 1 atom stereocenters. The highest BCUT2D eigenvalue weighted by Crippen LogP contribution is 2.30. The van der Waals surface area contributed by atoms with Crippen molar-refractivity contribution >= 4 is 5.91 Å². The van der Waals surface area contributed by atoms with Crippen LogP contribution in [0, 0.1) is 11.2 Å². The van der Waals surface area contributed by atoms with Crippen LogP contribution in [-0.4, -0.2) is 54.5 Å². The Morgan fingerprint density at radius 1 is 1.27 bits per heavy atom. The number of hydrogen-bond acceptors (Lipinski definition) is 3. The number of halogens is 1. The summed E-state index contributed by atoms with van der Waals surface area (Å²) in [4.78, 5) is 16.8. The summed E-state index contributed by atoms with van der Waals surface area (Å²) in [6.45, 7) is 4.98. The van der Waals surface area contributed by atoms with E-state index in [0.29, 0.717) is 23.2 Å². The molecule has 0 aromatic heterocycles. The maximum Gasteiger partial charge on any atom is 0.253 e. The Bertz CT molecular complexity index is 806. The SMILES string of the molecule is CN1CCC(C)(CN(C)C(=O)c2ccc(-c3ccc(O)cc3F)cc2)C1.